The summed E-state index contributed by atoms with van der Waals surface area (Å²) in [5.74, 6) is -3.80. The predicted molar refractivity (Wildman–Crippen MR) is 64.4 cm³/mol. The largest absolute Gasteiger partial charge is 0.343 e. The van der Waals surface area contributed by atoms with Crippen LogP contribution in [0.2, 0.25) is 0 Å². The molecule has 1 aromatic heterocycles. The van der Waals surface area contributed by atoms with Gasteiger partial charge in [-0.05, 0) is 19.9 Å². The van der Waals surface area contributed by atoms with Gasteiger partial charge in [0.05, 0.1) is 12.1 Å². The van der Waals surface area contributed by atoms with Crippen LogP contribution in [0.3, 0.4) is 0 Å². The van der Waals surface area contributed by atoms with E-state index in [1.54, 1.807) is 13.8 Å². The molecule has 0 saturated heterocycles. The summed E-state index contributed by atoms with van der Waals surface area (Å²) in [6.45, 7) is 4.39. The number of halogens is 2. The molecule has 0 unspecified atom stereocenters. The van der Waals surface area contributed by atoms with Crippen LogP contribution in [0.25, 0.3) is 0 Å². The molecule has 0 radical (unpaired) electrons. The number of pyridine rings is 1. The van der Waals surface area contributed by atoms with Crippen molar-refractivity contribution < 1.29 is 18.4 Å². The second kappa shape index (κ2) is 6.77. The molecule has 0 bridgehead atoms. The third-order valence-corrected chi connectivity index (χ3v) is 2.61. The molecule has 1 heterocycles. The van der Waals surface area contributed by atoms with Crippen molar-refractivity contribution >= 4 is 11.8 Å². The molecule has 0 spiro atoms. The summed E-state index contributed by atoms with van der Waals surface area (Å²) in [4.78, 5) is 27.8. The lowest BCUT2D eigenvalue weighted by Crippen LogP contribution is -2.40. The summed E-state index contributed by atoms with van der Waals surface area (Å²) in [7, 11) is 0. The van der Waals surface area contributed by atoms with Gasteiger partial charge in [-0.1, -0.05) is 0 Å². The van der Waals surface area contributed by atoms with E-state index in [0.717, 1.165) is 12.3 Å². The van der Waals surface area contributed by atoms with E-state index in [0.29, 0.717) is 13.1 Å². The summed E-state index contributed by atoms with van der Waals surface area (Å²) >= 11 is 0. The van der Waals surface area contributed by atoms with Gasteiger partial charge >= 0.3 is 0 Å². The van der Waals surface area contributed by atoms with Crippen molar-refractivity contribution in [1.29, 1.82) is 0 Å². The van der Waals surface area contributed by atoms with Crippen molar-refractivity contribution in [3.63, 3.8) is 0 Å². The van der Waals surface area contributed by atoms with Crippen LogP contribution >= 0.6 is 0 Å². The van der Waals surface area contributed by atoms with Gasteiger partial charge in [0.2, 0.25) is 11.9 Å². The smallest absolute Gasteiger partial charge is 0.254 e. The molecule has 7 heteroatoms. The topological polar surface area (TPSA) is 62.3 Å². The van der Waals surface area contributed by atoms with Crippen LogP contribution in [0.15, 0.2) is 12.3 Å². The summed E-state index contributed by atoms with van der Waals surface area (Å²) in [5.41, 5.74) is -0.472. The number of aromatic nitrogens is 1. The van der Waals surface area contributed by atoms with Crippen LogP contribution in [-0.2, 0) is 4.79 Å². The lowest BCUT2D eigenvalue weighted by Gasteiger charge is -2.18. The lowest BCUT2D eigenvalue weighted by atomic mass is 10.2. The molecule has 1 N–H and O–H groups in total. The Morgan fingerprint density at radius 3 is 2.53 bits per heavy atom. The van der Waals surface area contributed by atoms with Crippen LogP contribution < -0.4 is 5.32 Å². The van der Waals surface area contributed by atoms with Gasteiger partial charge in [0.25, 0.3) is 5.91 Å². The molecular weight excluding hydrogens is 256 g/mol. The first-order chi connectivity index (χ1) is 9.01. The molecule has 0 aliphatic heterocycles. The van der Waals surface area contributed by atoms with Crippen LogP contribution in [0.1, 0.15) is 24.2 Å². The molecule has 5 nitrogen and oxygen atoms in total. The van der Waals surface area contributed by atoms with Crippen LogP contribution in [0.4, 0.5) is 8.78 Å². The van der Waals surface area contributed by atoms with Crippen LogP contribution in [0.5, 0.6) is 0 Å². The van der Waals surface area contributed by atoms with Crippen molar-refractivity contribution in [3.8, 4) is 0 Å². The number of nitrogens with zero attached hydrogens (tertiary/aromatic N) is 2. The Kier molecular flexibility index (Phi) is 5.35. The first kappa shape index (κ1) is 15.0. The number of carbonyl (C=O) groups excluding carboxylic acids is 2. The van der Waals surface area contributed by atoms with Crippen molar-refractivity contribution in [2.45, 2.75) is 13.8 Å². The van der Waals surface area contributed by atoms with E-state index in [1.807, 2.05) is 0 Å². The van der Waals surface area contributed by atoms with Gasteiger partial charge in [-0.3, -0.25) is 9.59 Å². The molecular formula is C12H15F2N3O2. The van der Waals surface area contributed by atoms with E-state index >= 15 is 0 Å². The van der Waals surface area contributed by atoms with Crippen molar-refractivity contribution in [2.24, 2.45) is 0 Å². The number of hydrogen-bond donors (Lipinski definition) is 1. The molecule has 0 saturated carbocycles. The highest BCUT2D eigenvalue weighted by Crippen LogP contribution is 2.08. The molecule has 0 aromatic carbocycles. The highest BCUT2D eigenvalue weighted by Gasteiger charge is 2.17. The Morgan fingerprint density at radius 1 is 1.32 bits per heavy atom. The van der Waals surface area contributed by atoms with E-state index in [2.05, 4.69) is 10.3 Å². The Morgan fingerprint density at radius 2 is 1.95 bits per heavy atom. The zero-order valence-corrected chi connectivity index (χ0v) is 10.7. The van der Waals surface area contributed by atoms with Crippen LogP contribution in [0, 0.1) is 11.8 Å². The zero-order valence-electron chi connectivity index (χ0n) is 10.7. The lowest BCUT2D eigenvalue weighted by molar-refractivity contribution is -0.129. The predicted octanol–water partition coefficient (Wildman–Crippen LogP) is 0.958. The van der Waals surface area contributed by atoms with Gasteiger partial charge < -0.3 is 10.2 Å². The monoisotopic (exact) mass is 271 g/mol. The summed E-state index contributed by atoms with van der Waals surface area (Å²) in [6.07, 6.45) is 0.986. The minimum Gasteiger partial charge on any atom is -0.343 e. The maximum atomic E-state index is 13.3. The quantitative estimate of drug-likeness (QED) is 0.811. The third kappa shape index (κ3) is 3.70. The number of carbonyl (C=O) groups is 2. The molecule has 0 aliphatic rings. The van der Waals surface area contributed by atoms with E-state index in [1.165, 1.54) is 4.90 Å². The Labute approximate surface area is 109 Å². The summed E-state index contributed by atoms with van der Waals surface area (Å²) in [5, 5.41) is 2.25. The third-order valence-electron chi connectivity index (χ3n) is 2.61. The van der Waals surface area contributed by atoms with Gasteiger partial charge in [-0.25, -0.2) is 9.37 Å². The number of amides is 2. The fourth-order valence-corrected chi connectivity index (χ4v) is 1.53. The molecule has 0 atom stereocenters. The first-order valence-corrected chi connectivity index (χ1v) is 5.87. The van der Waals surface area contributed by atoms with Gasteiger partial charge in [0.15, 0.2) is 5.82 Å². The Hall–Kier alpha value is -2.05. The zero-order chi connectivity index (χ0) is 14.4. The summed E-state index contributed by atoms with van der Waals surface area (Å²) in [6, 6.07) is 1.05. The minimum atomic E-state index is -1.34. The minimum absolute atomic E-state index is 0.260. The van der Waals surface area contributed by atoms with Crippen molar-refractivity contribution in [3.05, 3.63) is 29.6 Å². The molecule has 2 amide bonds. The molecule has 1 aromatic rings. The second-order valence-electron chi connectivity index (χ2n) is 3.71. The van der Waals surface area contributed by atoms with Gasteiger partial charge in [-0.15, -0.1) is 0 Å². The van der Waals surface area contributed by atoms with Crippen LogP contribution in [-0.4, -0.2) is 41.3 Å². The molecule has 0 aliphatic carbocycles. The number of nitrogens with one attached hydrogen (secondary N) is 1. The standard InChI is InChI=1S/C12H15F2N3O2/c1-3-17(4-2)9(18)7-16-12(19)8-5-6-15-11(14)10(8)13/h5-6H,3-4,7H2,1-2H3,(H,16,19). The highest BCUT2D eigenvalue weighted by atomic mass is 19.2. The Bertz CT molecular complexity index is 476. The van der Waals surface area contributed by atoms with E-state index in [9.17, 15) is 18.4 Å². The summed E-state index contributed by atoms with van der Waals surface area (Å²) < 4.78 is 26.1. The second-order valence-corrected chi connectivity index (χ2v) is 3.71. The molecule has 1 rings (SSSR count). The average molecular weight is 271 g/mol. The number of rotatable bonds is 5. The van der Waals surface area contributed by atoms with Gasteiger partial charge in [0, 0.05) is 19.3 Å². The van der Waals surface area contributed by atoms with E-state index in [-0.39, 0.29) is 12.5 Å². The molecule has 104 valence electrons. The van der Waals surface area contributed by atoms with Crippen molar-refractivity contribution in [1.82, 2.24) is 15.2 Å². The molecule has 19 heavy (non-hydrogen) atoms. The number of hydrogen-bond acceptors (Lipinski definition) is 3. The fourth-order valence-electron chi connectivity index (χ4n) is 1.53. The SMILES string of the molecule is CCN(CC)C(=O)CNC(=O)c1ccnc(F)c1F. The fraction of sp³-hybridized carbons (Fsp3) is 0.417. The maximum absolute atomic E-state index is 13.3. The van der Waals surface area contributed by atoms with Gasteiger partial charge in [-0.2, -0.15) is 4.39 Å². The van der Waals surface area contributed by atoms with Crippen molar-refractivity contribution in [2.75, 3.05) is 19.6 Å². The van der Waals surface area contributed by atoms with E-state index < -0.39 is 23.2 Å². The number of likely N-dealkylation sites (N-methyl/N-ethyl adjacent to an activating group) is 1. The normalized spacial score (nSPS) is 10.1. The average Bonchev–Trinajstić information content (AvgIpc) is 2.40. The molecule has 0 fully saturated rings. The highest BCUT2D eigenvalue weighted by molar-refractivity contribution is 5.96. The Balaban J connectivity index is 2.66. The first-order valence-electron chi connectivity index (χ1n) is 5.87. The maximum Gasteiger partial charge on any atom is 0.254 e. The van der Waals surface area contributed by atoms with Gasteiger partial charge in [0.1, 0.15) is 0 Å². The van der Waals surface area contributed by atoms with E-state index in [4.69, 9.17) is 0 Å².